The molecule has 0 saturated heterocycles. The Labute approximate surface area is 122 Å². The molecule has 2 atom stereocenters. The lowest BCUT2D eigenvalue weighted by atomic mass is 9.70. The van der Waals surface area contributed by atoms with Crippen LogP contribution in [0, 0.1) is 11.3 Å². The second-order valence-corrected chi connectivity index (χ2v) is 7.89. The maximum Gasteiger partial charge on any atom is 0.0106 e. The molecular formula is C17H27NS. The molecule has 1 nitrogen and oxygen atoms in total. The summed E-state index contributed by atoms with van der Waals surface area (Å²) in [5, 5.41) is 3.76. The van der Waals surface area contributed by atoms with Crippen LogP contribution in [0.4, 0.5) is 0 Å². The predicted octanol–water partition coefficient (Wildman–Crippen LogP) is 4.58. The molecule has 0 aliphatic heterocycles. The van der Waals surface area contributed by atoms with Crippen LogP contribution in [0.25, 0.3) is 0 Å². The van der Waals surface area contributed by atoms with Gasteiger partial charge in [0.05, 0.1) is 0 Å². The van der Waals surface area contributed by atoms with Gasteiger partial charge in [-0.25, -0.2) is 0 Å². The Morgan fingerprint density at radius 3 is 2.63 bits per heavy atom. The number of thioether (sulfide) groups is 1. The molecule has 1 fully saturated rings. The van der Waals surface area contributed by atoms with Crippen LogP contribution >= 0.6 is 11.8 Å². The van der Waals surface area contributed by atoms with Crippen LogP contribution in [0.3, 0.4) is 0 Å². The summed E-state index contributed by atoms with van der Waals surface area (Å²) in [5.41, 5.74) is 0.516. The lowest BCUT2D eigenvalue weighted by Crippen LogP contribution is -2.40. The number of hydrogen-bond acceptors (Lipinski definition) is 2. The monoisotopic (exact) mass is 277 g/mol. The zero-order chi connectivity index (χ0) is 13.7. The number of nitrogens with one attached hydrogen (secondary N) is 1. The van der Waals surface area contributed by atoms with E-state index in [1.807, 2.05) is 11.8 Å². The normalized spacial score (nSPS) is 26.3. The molecule has 1 aromatic rings. The molecule has 1 aromatic carbocycles. The first-order valence-corrected chi connectivity index (χ1v) is 8.45. The average Bonchev–Trinajstić information content (AvgIpc) is 2.33. The molecule has 0 bridgehead atoms. The quantitative estimate of drug-likeness (QED) is 0.624. The first-order valence-electron chi connectivity index (χ1n) is 7.46. The minimum Gasteiger partial charge on any atom is -0.313 e. The van der Waals surface area contributed by atoms with Crippen molar-refractivity contribution in [2.45, 2.75) is 51.0 Å². The van der Waals surface area contributed by atoms with Gasteiger partial charge in [0, 0.05) is 23.2 Å². The first-order chi connectivity index (χ1) is 9.05. The summed E-state index contributed by atoms with van der Waals surface area (Å²) in [4.78, 5) is 1.38. The minimum atomic E-state index is 0.516. The zero-order valence-corrected chi connectivity index (χ0v) is 13.3. The molecule has 1 saturated carbocycles. The summed E-state index contributed by atoms with van der Waals surface area (Å²) < 4.78 is 0. The van der Waals surface area contributed by atoms with Gasteiger partial charge in [-0.15, -0.1) is 11.8 Å². The number of hydrogen-bond donors (Lipinski definition) is 1. The smallest absolute Gasteiger partial charge is 0.0106 e. The largest absolute Gasteiger partial charge is 0.313 e. The maximum absolute atomic E-state index is 3.76. The van der Waals surface area contributed by atoms with E-state index in [9.17, 15) is 0 Å². The molecule has 1 N–H and O–H groups in total. The summed E-state index contributed by atoms with van der Waals surface area (Å²) in [7, 11) is 0. The van der Waals surface area contributed by atoms with Gasteiger partial charge in [0.15, 0.2) is 0 Å². The second kappa shape index (κ2) is 6.81. The van der Waals surface area contributed by atoms with Gasteiger partial charge in [-0.1, -0.05) is 39.0 Å². The van der Waals surface area contributed by atoms with E-state index in [2.05, 4.69) is 56.4 Å². The molecule has 1 aliphatic rings. The van der Waals surface area contributed by atoms with Crippen molar-refractivity contribution >= 4 is 11.8 Å². The van der Waals surface area contributed by atoms with E-state index in [1.54, 1.807) is 0 Å². The maximum atomic E-state index is 3.76. The number of benzene rings is 1. The van der Waals surface area contributed by atoms with Crippen LogP contribution in [-0.4, -0.2) is 18.3 Å². The SMILES string of the molecule is CC1CC(NCCSc2ccccc2)CC(C)(C)C1. The van der Waals surface area contributed by atoms with Crippen LogP contribution in [0.1, 0.15) is 40.0 Å². The van der Waals surface area contributed by atoms with E-state index in [4.69, 9.17) is 0 Å². The van der Waals surface area contributed by atoms with E-state index in [0.29, 0.717) is 5.41 Å². The van der Waals surface area contributed by atoms with Crippen molar-refractivity contribution in [1.82, 2.24) is 5.32 Å². The van der Waals surface area contributed by atoms with E-state index in [0.717, 1.165) is 24.3 Å². The third-order valence-electron chi connectivity index (χ3n) is 3.93. The van der Waals surface area contributed by atoms with Gasteiger partial charge in [0.1, 0.15) is 0 Å². The molecule has 19 heavy (non-hydrogen) atoms. The van der Waals surface area contributed by atoms with Gasteiger partial charge in [0.25, 0.3) is 0 Å². The van der Waals surface area contributed by atoms with Crippen LogP contribution < -0.4 is 5.32 Å². The highest BCUT2D eigenvalue weighted by Crippen LogP contribution is 2.38. The van der Waals surface area contributed by atoms with Gasteiger partial charge in [-0.2, -0.15) is 0 Å². The molecule has 0 heterocycles. The van der Waals surface area contributed by atoms with Crippen molar-refractivity contribution in [3.63, 3.8) is 0 Å². The molecule has 0 amide bonds. The molecule has 106 valence electrons. The average molecular weight is 277 g/mol. The lowest BCUT2D eigenvalue weighted by Gasteiger charge is -2.39. The van der Waals surface area contributed by atoms with E-state index < -0.39 is 0 Å². The summed E-state index contributed by atoms with van der Waals surface area (Å²) in [6.07, 6.45) is 4.05. The van der Waals surface area contributed by atoms with Gasteiger partial charge in [-0.05, 0) is 42.7 Å². The van der Waals surface area contributed by atoms with Crippen LogP contribution in [0.5, 0.6) is 0 Å². The molecule has 0 spiro atoms. The Morgan fingerprint density at radius 1 is 1.21 bits per heavy atom. The Hall–Kier alpha value is -0.470. The minimum absolute atomic E-state index is 0.516. The van der Waals surface area contributed by atoms with Crippen LogP contribution in [0.2, 0.25) is 0 Å². The molecule has 0 aromatic heterocycles. The highest BCUT2D eigenvalue weighted by molar-refractivity contribution is 7.99. The second-order valence-electron chi connectivity index (χ2n) is 6.73. The summed E-state index contributed by atoms with van der Waals surface area (Å²) in [6, 6.07) is 11.4. The van der Waals surface area contributed by atoms with E-state index in [1.165, 1.54) is 24.2 Å². The van der Waals surface area contributed by atoms with Gasteiger partial charge < -0.3 is 5.32 Å². The fourth-order valence-electron chi connectivity index (χ4n) is 3.45. The molecule has 2 unspecified atom stereocenters. The van der Waals surface area contributed by atoms with Gasteiger partial charge >= 0.3 is 0 Å². The van der Waals surface area contributed by atoms with Crippen LogP contribution in [0.15, 0.2) is 35.2 Å². The van der Waals surface area contributed by atoms with Gasteiger partial charge in [-0.3, -0.25) is 0 Å². The molecule has 0 radical (unpaired) electrons. The Morgan fingerprint density at radius 2 is 1.95 bits per heavy atom. The van der Waals surface area contributed by atoms with Crippen molar-refractivity contribution < 1.29 is 0 Å². The molecule has 1 aliphatic carbocycles. The fraction of sp³-hybridized carbons (Fsp3) is 0.647. The third-order valence-corrected chi connectivity index (χ3v) is 4.95. The number of rotatable bonds is 5. The summed E-state index contributed by atoms with van der Waals surface area (Å²) in [6.45, 7) is 8.34. The highest BCUT2D eigenvalue weighted by atomic mass is 32.2. The van der Waals surface area contributed by atoms with Crippen molar-refractivity contribution in [2.75, 3.05) is 12.3 Å². The standard InChI is InChI=1S/C17H27NS/c1-14-11-15(13-17(2,3)12-14)18-9-10-19-16-7-5-4-6-8-16/h4-8,14-15,18H,9-13H2,1-3H3. The first kappa shape index (κ1) is 14.9. The fourth-order valence-corrected chi connectivity index (χ4v) is 4.26. The molecule has 2 heteroatoms. The van der Waals surface area contributed by atoms with Crippen molar-refractivity contribution in [1.29, 1.82) is 0 Å². The van der Waals surface area contributed by atoms with E-state index >= 15 is 0 Å². The summed E-state index contributed by atoms with van der Waals surface area (Å²) >= 11 is 1.95. The Kier molecular flexibility index (Phi) is 5.35. The van der Waals surface area contributed by atoms with Crippen LogP contribution in [-0.2, 0) is 0 Å². The van der Waals surface area contributed by atoms with Crippen molar-refractivity contribution in [3.05, 3.63) is 30.3 Å². The lowest BCUT2D eigenvalue weighted by molar-refractivity contribution is 0.153. The van der Waals surface area contributed by atoms with E-state index in [-0.39, 0.29) is 0 Å². The third kappa shape index (κ3) is 5.19. The van der Waals surface area contributed by atoms with Gasteiger partial charge in [0.2, 0.25) is 0 Å². The molecular weight excluding hydrogens is 250 g/mol. The Bertz CT molecular complexity index is 374. The predicted molar refractivity (Wildman–Crippen MR) is 85.8 cm³/mol. The highest BCUT2D eigenvalue weighted by Gasteiger charge is 2.31. The van der Waals surface area contributed by atoms with Crippen molar-refractivity contribution in [3.8, 4) is 0 Å². The Balaban J connectivity index is 1.68. The zero-order valence-electron chi connectivity index (χ0n) is 12.5. The summed E-state index contributed by atoms with van der Waals surface area (Å²) in [5.74, 6) is 2.03. The van der Waals surface area contributed by atoms with Crippen molar-refractivity contribution in [2.24, 2.45) is 11.3 Å². The molecule has 2 rings (SSSR count). The topological polar surface area (TPSA) is 12.0 Å².